The van der Waals surface area contributed by atoms with Crippen LogP contribution < -0.4 is 0 Å². The number of aromatic nitrogens is 2. The lowest BCUT2D eigenvalue weighted by molar-refractivity contribution is 0.192. The van der Waals surface area contributed by atoms with Crippen LogP contribution in [0.15, 0.2) is 6.20 Å². The Labute approximate surface area is 106 Å². The molecule has 0 aliphatic rings. The van der Waals surface area contributed by atoms with Crippen LogP contribution >= 0.6 is 23.4 Å². The number of hydrogen-bond acceptors (Lipinski definition) is 3. The Balaban J connectivity index is 2.72. The molecule has 0 fully saturated rings. The van der Waals surface area contributed by atoms with E-state index in [1.165, 1.54) is 0 Å². The van der Waals surface area contributed by atoms with Crippen LogP contribution in [-0.2, 0) is 6.54 Å². The van der Waals surface area contributed by atoms with Crippen LogP contribution in [0.25, 0.3) is 0 Å². The summed E-state index contributed by atoms with van der Waals surface area (Å²) in [7, 11) is 0. The normalized spacial score (nSPS) is 14.1. The van der Waals surface area contributed by atoms with E-state index in [2.05, 4.69) is 25.9 Å². The summed E-state index contributed by atoms with van der Waals surface area (Å²) >= 11 is 7.73. The van der Waals surface area contributed by atoms with Gasteiger partial charge < -0.3 is 5.11 Å². The fourth-order valence-corrected chi connectivity index (χ4v) is 2.45. The van der Waals surface area contributed by atoms with E-state index in [1.54, 1.807) is 22.6 Å². The SMILES string of the molecule is CCn1ncc(Cl)c1C(O)CSC(C)(C)C. The lowest BCUT2D eigenvalue weighted by Crippen LogP contribution is -2.15. The highest BCUT2D eigenvalue weighted by atomic mass is 35.5. The summed E-state index contributed by atoms with van der Waals surface area (Å²) in [6, 6.07) is 0. The monoisotopic (exact) mass is 262 g/mol. The molecule has 0 spiro atoms. The molecule has 16 heavy (non-hydrogen) atoms. The van der Waals surface area contributed by atoms with E-state index in [0.29, 0.717) is 10.8 Å². The van der Waals surface area contributed by atoms with E-state index in [1.807, 2.05) is 6.92 Å². The summed E-state index contributed by atoms with van der Waals surface area (Å²) < 4.78 is 1.89. The first-order valence-electron chi connectivity index (χ1n) is 5.38. The van der Waals surface area contributed by atoms with Gasteiger partial charge in [0.15, 0.2) is 0 Å². The Hall–Kier alpha value is -0.190. The van der Waals surface area contributed by atoms with Crippen molar-refractivity contribution < 1.29 is 5.11 Å². The first-order chi connectivity index (χ1) is 7.35. The van der Waals surface area contributed by atoms with E-state index in [0.717, 1.165) is 12.2 Å². The lowest BCUT2D eigenvalue weighted by atomic mass is 10.2. The first-order valence-corrected chi connectivity index (χ1v) is 6.74. The van der Waals surface area contributed by atoms with Gasteiger partial charge in [0.1, 0.15) is 6.10 Å². The second-order valence-electron chi connectivity index (χ2n) is 4.63. The first kappa shape index (κ1) is 13.9. The van der Waals surface area contributed by atoms with Crippen LogP contribution in [0, 0.1) is 0 Å². The number of aliphatic hydroxyl groups is 1. The molecule has 1 atom stereocenters. The van der Waals surface area contributed by atoms with Crippen LogP contribution in [-0.4, -0.2) is 25.4 Å². The molecule has 0 saturated carbocycles. The van der Waals surface area contributed by atoms with Gasteiger partial charge in [-0.3, -0.25) is 4.68 Å². The van der Waals surface area contributed by atoms with E-state index >= 15 is 0 Å². The van der Waals surface area contributed by atoms with Crippen molar-refractivity contribution in [2.24, 2.45) is 0 Å². The Morgan fingerprint density at radius 1 is 1.56 bits per heavy atom. The van der Waals surface area contributed by atoms with Gasteiger partial charge in [-0.25, -0.2) is 0 Å². The summed E-state index contributed by atoms with van der Waals surface area (Å²) in [5.41, 5.74) is 0.723. The molecule has 3 nitrogen and oxygen atoms in total. The summed E-state index contributed by atoms with van der Waals surface area (Å²) in [6.07, 6.45) is 1.03. The molecule has 0 radical (unpaired) electrons. The molecular formula is C11H19ClN2OS. The molecule has 1 rings (SSSR count). The maximum absolute atomic E-state index is 10.1. The zero-order valence-corrected chi connectivity index (χ0v) is 11.8. The van der Waals surface area contributed by atoms with E-state index < -0.39 is 6.10 Å². The van der Waals surface area contributed by atoms with Gasteiger partial charge in [-0.2, -0.15) is 16.9 Å². The second-order valence-corrected chi connectivity index (χ2v) is 6.89. The third-order valence-corrected chi connectivity index (χ3v) is 3.76. The van der Waals surface area contributed by atoms with Crippen molar-refractivity contribution in [3.63, 3.8) is 0 Å². The van der Waals surface area contributed by atoms with Gasteiger partial charge >= 0.3 is 0 Å². The summed E-state index contributed by atoms with van der Waals surface area (Å²) in [5, 5.41) is 14.8. The molecule has 5 heteroatoms. The van der Waals surface area contributed by atoms with Crippen LogP contribution in [0.2, 0.25) is 5.02 Å². The smallest absolute Gasteiger partial charge is 0.106 e. The van der Waals surface area contributed by atoms with Gasteiger partial charge in [0.25, 0.3) is 0 Å². The molecule has 0 amide bonds. The molecule has 0 aromatic carbocycles. The minimum absolute atomic E-state index is 0.143. The number of halogens is 1. The minimum Gasteiger partial charge on any atom is -0.386 e. The van der Waals surface area contributed by atoms with Crippen LogP contribution in [0.3, 0.4) is 0 Å². The molecule has 0 saturated heterocycles. The number of aryl methyl sites for hydroxylation is 1. The zero-order valence-electron chi connectivity index (χ0n) is 10.2. The van der Waals surface area contributed by atoms with Crippen LogP contribution in [0.1, 0.15) is 39.5 Å². The van der Waals surface area contributed by atoms with Gasteiger partial charge in [-0.05, 0) is 6.92 Å². The average Bonchev–Trinajstić information content (AvgIpc) is 2.55. The molecular weight excluding hydrogens is 244 g/mol. The minimum atomic E-state index is -0.556. The Morgan fingerprint density at radius 3 is 2.69 bits per heavy atom. The Bertz CT molecular complexity index is 346. The molecule has 0 aliphatic carbocycles. The topological polar surface area (TPSA) is 38.0 Å². The maximum Gasteiger partial charge on any atom is 0.106 e. The zero-order chi connectivity index (χ0) is 12.3. The Kier molecular flexibility index (Phi) is 4.71. The molecule has 92 valence electrons. The van der Waals surface area contributed by atoms with Gasteiger partial charge in [-0.1, -0.05) is 32.4 Å². The van der Waals surface area contributed by atoms with Crippen molar-refractivity contribution in [2.75, 3.05) is 5.75 Å². The maximum atomic E-state index is 10.1. The standard InChI is InChI=1S/C11H19ClN2OS/c1-5-14-10(8(12)6-13-14)9(15)7-16-11(2,3)4/h6,9,15H,5,7H2,1-4H3. The molecule has 1 unspecified atom stereocenters. The number of nitrogens with zero attached hydrogens (tertiary/aromatic N) is 2. The van der Waals surface area contributed by atoms with E-state index in [9.17, 15) is 5.11 Å². The molecule has 1 heterocycles. The Morgan fingerprint density at radius 2 is 2.19 bits per heavy atom. The van der Waals surface area contributed by atoms with Gasteiger partial charge in [0.2, 0.25) is 0 Å². The fraction of sp³-hybridized carbons (Fsp3) is 0.727. The van der Waals surface area contributed by atoms with Gasteiger partial charge in [0, 0.05) is 17.0 Å². The van der Waals surface area contributed by atoms with E-state index in [4.69, 9.17) is 11.6 Å². The highest BCUT2D eigenvalue weighted by Gasteiger charge is 2.20. The highest BCUT2D eigenvalue weighted by molar-refractivity contribution is 8.00. The average molecular weight is 263 g/mol. The van der Waals surface area contributed by atoms with Crippen molar-refractivity contribution in [2.45, 2.75) is 45.1 Å². The van der Waals surface area contributed by atoms with Gasteiger partial charge in [0.05, 0.1) is 16.9 Å². The number of aliphatic hydroxyl groups excluding tert-OH is 1. The van der Waals surface area contributed by atoms with Gasteiger partial charge in [-0.15, -0.1) is 0 Å². The second kappa shape index (κ2) is 5.43. The van der Waals surface area contributed by atoms with Crippen molar-refractivity contribution in [1.29, 1.82) is 0 Å². The number of rotatable bonds is 4. The third kappa shape index (κ3) is 3.68. The lowest BCUT2D eigenvalue weighted by Gasteiger charge is -2.20. The largest absolute Gasteiger partial charge is 0.386 e. The molecule has 1 aromatic heterocycles. The number of thioether (sulfide) groups is 1. The van der Waals surface area contributed by atoms with Crippen LogP contribution in [0.4, 0.5) is 0 Å². The van der Waals surface area contributed by atoms with E-state index in [-0.39, 0.29) is 4.75 Å². The number of hydrogen-bond donors (Lipinski definition) is 1. The molecule has 0 aliphatic heterocycles. The fourth-order valence-electron chi connectivity index (χ4n) is 1.36. The van der Waals surface area contributed by atoms with Crippen molar-refractivity contribution in [3.05, 3.63) is 16.9 Å². The molecule has 0 bridgehead atoms. The van der Waals surface area contributed by atoms with Crippen molar-refractivity contribution in [3.8, 4) is 0 Å². The molecule has 1 aromatic rings. The molecule has 1 N–H and O–H groups in total. The van der Waals surface area contributed by atoms with Crippen LogP contribution in [0.5, 0.6) is 0 Å². The highest BCUT2D eigenvalue weighted by Crippen LogP contribution is 2.30. The third-order valence-electron chi connectivity index (χ3n) is 2.12. The summed E-state index contributed by atoms with van der Waals surface area (Å²) in [4.78, 5) is 0. The van der Waals surface area contributed by atoms with Crippen molar-refractivity contribution >= 4 is 23.4 Å². The van der Waals surface area contributed by atoms with Crippen molar-refractivity contribution in [1.82, 2.24) is 9.78 Å². The predicted molar refractivity (Wildman–Crippen MR) is 70.1 cm³/mol. The summed E-state index contributed by atoms with van der Waals surface area (Å²) in [5.74, 6) is 0.634. The summed E-state index contributed by atoms with van der Waals surface area (Å²) in [6.45, 7) is 9.09. The predicted octanol–water partition coefficient (Wildman–Crippen LogP) is 3.12. The quantitative estimate of drug-likeness (QED) is 0.906.